The fourth-order valence-electron chi connectivity index (χ4n) is 2.93. The highest BCUT2D eigenvalue weighted by molar-refractivity contribution is 5.92. The van der Waals surface area contributed by atoms with Crippen molar-refractivity contribution >= 4 is 11.6 Å². The number of rotatable bonds is 4. The third-order valence-corrected chi connectivity index (χ3v) is 4.04. The van der Waals surface area contributed by atoms with E-state index in [4.69, 9.17) is 4.42 Å². The summed E-state index contributed by atoms with van der Waals surface area (Å²) in [5.74, 6) is 0.369. The van der Waals surface area contributed by atoms with Crippen LogP contribution in [0, 0.1) is 6.92 Å². The second kappa shape index (κ2) is 5.93. The molecule has 1 aromatic heterocycles. The lowest BCUT2D eigenvalue weighted by Crippen LogP contribution is -2.30. The molecule has 0 aliphatic heterocycles. The molecule has 5 heteroatoms. The van der Waals surface area contributed by atoms with E-state index in [-0.39, 0.29) is 12.3 Å². The van der Waals surface area contributed by atoms with Gasteiger partial charge in [-0.15, -0.1) is 0 Å². The SMILES string of the molecule is Cc1coc(-c2cccc(NC(=O)CC3(O)CCCC3)c2)n1. The van der Waals surface area contributed by atoms with Crippen molar-refractivity contribution in [3.63, 3.8) is 0 Å². The highest BCUT2D eigenvalue weighted by atomic mass is 16.3. The maximum atomic E-state index is 12.1. The molecule has 1 saturated carbocycles. The van der Waals surface area contributed by atoms with E-state index in [2.05, 4.69) is 10.3 Å². The molecule has 0 radical (unpaired) electrons. The molecule has 0 unspecified atom stereocenters. The Hall–Kier alpha value is -2.14. The van der Waals surface area contributed by atoms with Crippen molar-refractivity contribution in [3.05, 3.63) is 36.2 Å². The van der Waals surface area contributed by atoms with Gasteiger partial charge in [0.15, 0.2) is 0 Å². The Morgan fingerprint density at radius 1 is 1.41 bits per heavy atom. The molecular formula is C17H20N2O3. The zero-order chi connectivity index (χ0) is 15.6. The van der Waals surface area contributed by atoms with Crippen molar-refractivity contribution in [2.75, 3.05) is 5.32 Å². The zero-order valence-corrected chi connectivity index (χ0v) is 12.6. The zero-order valence-electron chi connectivity index (χ0n) is 12.6. The van der Waals surface area contributed by atoms with Gasteiger partial charge in [0.05, 0.1) is 17.7 Å². The molecule has 116 valence electrons. The fourth-order valence-corrected chi connectivity index (χ4v) is 2.93. The molecule has 2 aromatic rings. The smallest absolute Gasteiger partial charge is 0.227 e. The number of carbonyl (C=O) groups excluding carboxylic acids is 1. The first kappa shape index (κ1) is 14.8. The maximum absolute atomic E-state index is 12.1. The third-order valence-electron chi connectivity index (χ3n) is 4.04. The van der Waals surface area contributed by atoms with Gasteiger partial charge in [-0.1, -0.05) is 18.9 Å². The van der Waals surface area contributed by atoms with Crippen LogP contribution in [-0.4, -0.2) is 21.6 Å². The molecule has 0 spiro atoms. The second-order valence-electron chi connectivity index (χ2n) is 6.03. The molecule has 1 aliphatic carbocycles. The predicted octanol–water partition coefficient (Wildman–Crippen LogP) is 3.28. The van der Waals surface area contributed by atoms with Gasteiger partial charge >= 0.3 is 0 Å². The van der Waals surface area contributed by atoms with E-state index in [1.165, 1.54) is 0 Å². The van der Waals surface area contributed by atoms with Gasteiger partial charge in [0.25, 0.3) is 0 Å². The first-order valence-corrected chi connectivity index (χ1v) is 7.59. The van der Waals surface area contributed by atoms with Crippen molar-refractivity contribution < 1.29 is 14.3 Å². The molecule has 1 fully saturated rings. The first-order valence-electron chi connectivity index (χ1n) is 7.59. The molecule has 0 saturated heterocycles. The van der Waals surface area contributed by atoms with E-state index in [9.17, 15) is 9.90 Å². The Balaban J connectivity index is 1.69. The van der Waals surface area contributed by atoms with Crippen LogP contribution in [0.3, 0.4) is 0 Å². The second-order valence-corrected chi connectivity index (χ2v) is 6.03. The number of aromatic nitrogens is 1. The van der Waals surface area contributed by atoms with Crippen molar-refractivity contribution in [2.24, 2.45) is 0 Å². The standard InChI is InChI=1S/C17H20N2O3/c1-12-11-22-16(18-12)13-5-4-6-14(9-13)19-15(20)10-17(21)7-2-3-8-17/h4-6,9,11,21H,2-3,7-8,10H2,1H3,(H,19,20). The molecule has 3 rings (SSSR count). The topological polar surface area (TPSA) is 75.4 Å². The van der Waals surface area contributed by atoms with Crippen LogP contribution in [0.5, 0.6) is 0 Å². The summed E-state index contributed by atoms with van der Waals surface area (Å²) in [5, 5.41) is 13.1. The summed E-state index contributed by atoms with van der Waals surface area (Å²) in [6.45, 7) is 1.86. The van der Waals surface area contributed by atoms with Crippen LogP contribution in [0.4, 0.5) is 5.69 Å². The summed E-state index contributed by atoms with van der Waals surface area (Å²) in [6.07, 6.45) is 5.13. The summed E-state index contributed by atoms with van der Waals surface area (Å²) in [7, 11) is 0. The number of benzene rings is 1. The number of hydrogen-bond acceptors (Lipinski definition) is 4. The summed E-state index contributed by atoms with van der Waals surface area (Å²) >= 11 is 0. The Labute approximate surface area is 129 Å². The van der Waals surface area contributed by atoms with Gasteiger partial charge in [-0.2, -0.15) is 0 Å². The number of hydrogen-bond donors (Lipinski definition) is 2. The lowest BCUT2D eigenvalue weighted by Gasteiger charge is -2.21. The molecule has 1 heterocycles. The van der Waals surface area contributed by atoms with E-state index in [1.54, 1.807) is 6.26 Å². The van der Waals surface area contributed by atoms with Gasteiger partial charge in [-0.25, -0.2) is 4.98 Å². The number of nitrogens with zero attached hydrogens (tertiary/aromatic N) is 1. The van der Waals surface area contributed by atoms with Crippen LogP contribution in [0.15, 0.2) is 34.9 Å². The molecule has 22 heavy (non-hydrogen) atoms. The van der Waals surface area contributed by atoms with Crippen molar-refractivity contribution in [1.29, 1.82) is 0 Å². The fraction of sp³-hybridized carbons (Fsp3) is 0.412. The first-order chi connectivity index (χ1) is 10.5. The van der Waals surface area contributed by atoms with E-state index in [0.29, 0.717) is 24.4 Å². The Kier molecular flexibility index (Phi) is 3.98. The summed E-state index contributed by atoms with van der Waals surface area (Å²) in [4.78, 5) is 16.4. The average Bonchev–Trinajstić information content (AvgIpc) is 3.08. The highest BCUT2D eigenvalue weighted by Crippen LogP contribution is 2.32. The molecular weight excluding hydrogens is 280 g/mol. The third kappa shape index (κ3) is 3.36. The number of carbonyl (C=O) groups is 1. The molecule has 2 N–H and O–H groups in total. The minimum atomic E-state index is -0.832. The maximum Gasteiger partial charge on any atom is 0.227 e. The van der Waals surface area contributed by atoms with E-state index < -0.39 is 5.60 Å². The number of nitrogens with one attached hydrogen (secondary N) is 1. The predicted molar refractivity (Wildman–Crippen MR) is 83.3 cm³/mol. The van der Waals surface area contributed by atoms with Crippen LogP contribution in [0.25, 0.3) is 11.5 Å². The van der Waals surface area contributed by atoms with Gasteiger partial charge in [0.2, 0.25) is 11.8 Å². The van der Waals surface area contributed by atoms with Gasteiger partial charge in [0.1, 0.15) is 6.26 Å². The molecule has 0 atom stereocenters. The normalized spacial score (nSPS) is 16.6. The molecule has 0 bridgehead atoms. The average molecular weight is 300 g/mol. The van der Waals surface area contributed by atoms with Crippen LogP contribution in [0.1, 0.15) is 37.8 Å². The van der Waals surface area contributed by atoms with Crippen LogP contribution in [0.2, 0.25) is 0 Å². The van der Waals surface area contributed by atoms with E-state index in [0.717, 1.165) is 24.1 Å². The highest BCUT2D eigenvalue weighted by Gasteiger charge is 2.33. The van der Waals surface area contributed by atoms with E-state index >= 15 is 0 Å². The monoisotopic (exact) mass is 300 g/mol. The Morgan fingerprint density at radius 2 is 2.18 bits per heavy atom. The molecule has 5 nitrogen and oxygen atoms in total. The van der Waals surface area contributed by atoms with Crippen LogP contribution < -0.4 is 5.32 Å². The van der Waals surface area contributed by atoms with Crippen molar-refractivity contribution in [3.8, 4) is 11.5 Å². The van der Waals surface area contributed by atoms with Crippen molar-refractivity contribution in [1.82, 2.24) is 4.98 Å². The quantitative estimate of drug-likeness (QED) is 0.908. The number of amides is 1. The summed E-state index contributed by atoms with van der Waals surface area (Å²) < 4.78 is 5.37. The van der Waals surface area contributed by atoms with Crippen molar-refractivity contribution in [2.45, 2.75) is 44.6 Å². The van der Waals surface area contributed by atoms with Gasteiger partial charge in [-0.3, -0.25) is 4.79 Å². The van der Waals surface area contributed by atoms with Gasteiger partial charge in [0, 0.05) is 11.3 Å². The number of anilines is 1. The molecule has 1 aromatic carbocycles. The molecule has 1 aliphatic rings. The van der Waals surface area contributed by atoms with Gasteiger partial charge in [-0.05, 0) is 38.0 Å². The largest absolute Gasteiger partial charge is 0.444 e. The molecule has 1 amide bonds. The number of oxazole rings is 1. The lowest BCUT2D eigenvalue weighted by atomic mass is 9.97. The number of aliphatic hydroxyl groups is 1. The number of aryl methyl sites for hydroxylation is 1. The van der Waals surface area contributed by atoms with E-state index in [1.807, 2.05) is 31.2 Å². The minimum Gasteiger partial charge on any atom is -0.444 e. The summed E-state index contributed by atoms with van der Waals surface area (Å²) in [6, 6.07) is 7.36. The Bertz CT molecular complexity index is 672. The van der Waals surface area contributed by atoms with Crippen LogP contribution in [-0.2, 0) is 4.79 Å². The lowest BCUT2D eigenvalue weighted by molar-refractivity contribution is -0.120. The van der Waals surface area contributed by atoms with Crippen LogP contribution >= 0.6 is 0 Å². The Morgan fingerprint density at radius 3 is 2.86 bits per heavy atom. The van der Waals surface area contributed by atoms with Gasteiger partial charge < -0.3 is 14.8 Å². The minimum absolute atomic E-state index is 0.148. The summed E-state index contributed by atoms with van der Waals surface area (Å²) in [5.41, 5.74) is 1.47.